The maximum absolute atomic E-state index is 5.71. The molecule has 1 aromatic heterocycles. The number of halogens is 1. The molecule has 0 atom stereocenters. The van der Waals surface area contributed by atoms with Crippen LogP contribution < -0.4 is 5.73 Å². The van der Waals surface area contributed by atoms with Crippen LogP contribution in [0.4, 0.5) is 5.82 Å². The summed E-state index contributed by atoms with van der Waals surface area (Å²) in [7, 11) is 0. The zero-order chi connectivity index (χ0) is 11.5. The molecule has 0 radical (unpaired) electrons. The second kappa shape index (κ2) is 4.84. The molecule has 0 saturated carbocycles. The van der Waals surface area contributed by atoms with Crippen molar-refractivity contribution in [3.05, 3.63) is 34.9 Å². The van der Waals surface area contributed by atoms with Crippen molar-refractivity contribution in [2.45, 2.75) is 4.90 Å². The molecule has 0 saturated heterocycles. The van der Waals surface area contributed by atoms with Crippen molar-refractivity contribution >= 4 is 33.5 Å². The van der Waals surface area contributed by atoms with E-state index in [0.717, 1.165) is 10.0 Å². The van der Waals surface area contributed by atoms with E-state index in [0.29, 0.717) is 11.6 Å². The molecule has 0 fully saturated rings. The second-order valence-corrected chi connectivity index (χ2v) is 4.89. The van der Waals surface area contributed by atoms with Gasteiger partial charge in [0.2, 0.25) is 0 Å². The van der Waals surface area contributed by atoms with Crippen LogP contribution in [0.15, 0.2) is 39.8 Å². The summed E-state index contributed by atoms with van der Waals surface area (Å²) in [5.74, 6) is 1.10. The van der Waals surface area contributed by atoms with E-state index in [1.165, 1.54) is 4.90 Å². The van der Waals surface area contributed by atoms with Crippen molar-refractivity contribution in [3.63, 3.8) is 0 Å². The van der Waals surface area contributed by atoms with Crippen LogP contribution >= 0.6 is 27.7 Å². The molecule has 5 heteroatoms. The minimum absolute atomic E-state index is 0.457. The number of nitrogen functional groups attached to an aromatic ring is 1. The van der Waals surface area contributed by atoms with Gasteiger partial charge in [-0.2, -0.15) is 0 Å². The topological polar surface area (TPSA) is 51.8 Å². The standard InChI is InChI=1S/C11H10BrN3S/c1-16-8-4-2-7(3-5-8)11-14-6-9(12)10(13)15-11/h2-6H,1H3,(H2,13,14,15). The molecular formula is C11H10BrN3S. The number of hydrogen-bond donors (Lipinski definition) is 1. The molecule has 2 N–H and O–H groups in total. The number of anilines is 1. The first-order valence-corrected chi connectivity index (χ1v) is 6.65. The van der Waals surface area contributed by atoms with E-state index in [2.05, 4.69) is 25.9 Å². The van der Waals surface area contributed by atoms with Crippen LogP contribution in [0.5, 0.6) is 0 Å². The van der Waals surface area contributed by atoms with Gasteiger partial charge in [0.05, 0.1) is 4.47 Å². The quantitative estimate of drug-likeness (QED) is 0.865. The van der Waals surface area contributed by atoms with Crippen molar-refractivity contribution in [1.29, 1.82) is 0 Å². The molecule has 1 aromatic carbocycles. The fourth-order valence-corrected chi connectivity index (χ4v) is 1.86. The molecule has 0 aliphatic heterocycles. The van der Waals surface area contributed by atoms with E-state index in [1.54, 1.807) is 18.0 Å². The van der Waals surface area contributed by atoms with Crippen LogP contribution in [0.3, 0.4) is 0 Å². The lowest BCUT2D eigenvalue weighted by atomic mass is 10.2. The van der Waals surface area contributed by atoms with E-state index < -0.39 is 0 Å². The van der Waals surface area contributed by atoms with Crippen molar-refractivity contribution in [2.24, 2.45) is 0 Å². The smallest absolute Gasteiger partial charge is 0.161 e. The highest BCUT2D eigenvalue weighted by Gasteiger charge is 2.04. The second-order valence-electron chi connectivity index (χ2n) is 3.16. The van der Waals surface area contributed by atoms with Gasteiger partial charge in [-0.25, -0.2) is 9.97 Å². The fourth-order valence-electron chi connectivity index (χ4n) is 1.26. The van der Waals surface area contributed by atoms with Crippen LogP contribution in [0.25, 0.3) is 11.4 Å². The summed E-state index contributed by atoms with van der Waals surface area (Å²) < 4.78 is 0.719. The predicted molar refractivity (Wildman–Crippen MR) is 71.4 cm³/mol. The van der Waals surface area contributed by atoms with Crippen LogP contribution in [0.2, 0.25) is 0 Å². The Labute approximate surface area is 107 Å². The molecule has 0 aliphatic carbocycles. The predicted octanol–water partition coefficient (Wildman–Crippen LogP) is 3.21. The van der Waals surface area contributed by atoms with Gasteiger partial charge in [-0.3, -0.25) is 0 Å². The summed E-state index contributed by atoms with van der Waals surface area (Å²) in [6, 6.07) is 8.08. The average Bonchev–Trinajstić information content (AvgIpc) is 2.33. The molecule has 3 nitrogen and oxygen atoms in total. The van der Waals surface area contributed by atoms with Crippen molar-refractivity contribution in [2.75, 3.05) is 12.0 Å². The minimum atomic E-state index is 0.457. The lowest BCUT2D eigenvalue weighted by Gasteiger charge is -2.03. The lowest BCUT2D eigenvalue weighted by molar-refractivity contribution is 1.17. The highest BCUT2D eigenvalue weighted by molar-refractivity contribution is 9.10. The normalized spacial score (nSPS) is 10.4. The van der Waals surface area contributed by atoms with Crippen molar-refractivity contribution < 1.29 is 0 Å². The Bertz CT molecular complexity index is 499. The first-order chi connectivity index (χ1) is 7.70. The summed E-state index contributed by atoms with van der Waals surface area (Å²) in [6.45, 7) is 0. The minimum Gasteiger partial charge on any atom is -0.383 e. The van der Waals surface area contributed by atoms with Gasteiger partial charge in [-0.05, 0) is 34.3 Å². The van der Waals surface area contributed by atoms with Gasteiger partial charge in [-0.15, -0.1) is 11.8 Å². The van der Waals surface area contributed by atoms with E-state index in [1.807, 2.05) is 30.5 Å². The molecule has 1 heterocycles. The number of rotatable bonds is 2. The Morgan fingerprint density at radius 3 is 2.50 bits per heavy atom. The van der Waals surface area contributed by atoms with Crippen molar-refractivity contribution in [3.8, 4) is 11.4 Å². The SMILES string of the molecule is CSc1ccc(-c2ncc(Br)c(N)n2)cc1. The maximum atomic E-state index is 5.71. The first kappa shape index (κ1) is 11.4. The Kier molecular flexibility index (Phi) is 3.46. The molecule has 82 valence electrons. The van der Waals surface area contributed by atoms with Crippen molar-refractivity contribution in [1.82, 2.24) is 9.97 Å². The van der Waals surface area contributed by atoms with E-state index in [-0.39, 0.29) is 0 Å². The molecule has 16 heavy (non-hydrogen) atoms. The molecule has 2 rings (SSSR count). The van der Waals surface area contributed by atoms with Crippen LogP contribution in [0.1, 0.15) is 0 Å². The monoisotopic (exact) mass is 295 g/mol. The van der Waals surface area contributed by atoms with Crippen LogP contribution in [0, 0.1) is 0 Å². The van der Waals surface area contributed by atoms with Crippen LogP contribution in [-0.2, 0) is 0 Å². The summed E-state index contributed by atoms with van der Waals surface area (Å²) >= 11 is 4.98. The summed E-state index contributed by atoms with van der Waals surface area (Å²) in [4.78, 5) is 9.65. The highest BCUT2D eigenvalue weighted by Crippen LogP contribution is 2.23. The Morgan fingerprint density at radius 2 is 1.94 bits per heavy atom. The number of nitrogens with zero attached hydrogens (tertiary/aromatic N) is 2. The first-order valence-electron chi connectivity index (χ1n) is 4.63. The maximum Gasteiger partial charge on any atom is 0.161 e. The van der Waals surface area contributed by atoms with Gasteiger partial charge in [0, 0.05) is 16.7 Å². The van der Waals surface area contributed by atoms with E-state index >= 15 is 0 Å². The van der Waals surface area contributed by atoms with Gasteiger partial charge in [-0.1, -0.05) is 12.1 Å². The van der Waals surface area contributed by atoms with Gasteiger partial charge < -0.3 is 5.73 Å². The fraction of sp³-hybridized carbons (Fsp3) is 0.0909. The molecule has 0 spiro atoms. The summed E-state index contributed by atoms with van der Waals surface area (Å²) in [5.41, 5.74) is 6.68. The number of thioether (sulfide) groups is 1. The largest absolute Gasteiger partial charge is 0.383 e. The molecule has 0 aliphatic rings. The number of nitrogens with two attached hydrogens (primary N) is 1. The summed E-state index contributed by atoms with van der Waals surface area (Å²) in [5, 5.41) is 0. The van der Waals surface area contributed by atoms with Gasteiger partial charge in [0.15, 0.2) is 5.82 Å². The lowest BCUT2D eigenvalue weighted by Crippen LogP contribution is -1.96. The number of aromatic nitrogens is 2. The molecule has 0 amide bonds. The molecule has 0 unspecified atom stereocenters. The zero-order valence-electron chi connectivity index (χ0n) is 8.64. The summed E-state index contributed by atoms with van der Waals surface area (Å²) in [6.07, 6.45) is 3.71. The average molecular weight is 296 g/mol. The third kappa shape index (κ3) is 2.36. The third-order valence-corrected chi connectivity index (χ3v) is 3.47. The number of benzene rings is 1. The Balaban J connectivity index is 2.38. The number of hydrogen-bond acceptors (Lipinski definition) is 4. The molecular weight excluding hydrogens is 286 g/mol. The zero-order valence-corrected chi connectivity index (χ0v) is 11.0. The van der Waals surface area contributed by atoms with Gasteiger partial charge >= 0.3 is 0 Å². The molecule has 2 aromatic rings. The molecule has 0 bridgehead atoms. The Morgan fingerprint density at radius 1 is 1.25 bits per heavy atom. The van der Waals surface area contributed by atoms with E-state index in [4.69, 9.17) is 5.73 Å². The van der Waals surface area contributed by atoms with Crippen LogP contribution in [-0.4, -0.2) is 16.2 Å². The Hall–Kier alpha value is -1.07. The highest BCUT2D eigenvalue weighted by atomic mass is 79.9. The van der Waals surface area contributed by atoms with Gasteiger partial charge in [0.1, 0.15) is 5.82 Å². The third-order valence-electron chi connectivity index (χ3n) is 2.12. The van der Waals surface area contributed by atoms with Gasteiger partial charge in [0.25, 0.3) is 0 Å². The van der Waals surface area contributed by atoms with E-state index in [9.17, 15) is 0 Å².